The molecule has 0 spiro atoms. The Balaban J connectivity index is 1.72. The van der Waals surface area contributed by atoms with Crippen LogP contribution in [0.25, 0.3) is 22.3 Å². The van der Waals surface area contributed by atoms with E-state index in [0.717, 1.165) is 43.7 Å². The number of fused-ring (bicyclic) bond motifs is 1. The summed E-state index contributed by atoms with van der Waals surface area (Å²) in [5.41, 5.74) is 4.00. The molecule has 4 aromatic rings. The van der Waals surface area contributed by atoms with Gasteiger partial charge in [-0.05, 0) is 62.6 Å². The molecule has 4 rings (SSSR count). The third kappa shape index (κ3) is 3.54. The Kier molecular flexibility index (Phi) is 4.94. The summed E-state index contributed by atoms with van der Waals surface area (Å²) in [6, 6.07) is 16.0. The minimum absolute atomic E-state index is 0.545. The van der Waals surface area contributed by atoms with Crippen molar-refractivity contribution in [1.29, 1.82) is 0 Å². The van der Waals surface area contributed by atoms with E-state index in [9.17, 15) is 5.11 Å². The second-order valence-electron chi connectivity index (χ2n) is 7.61. The molecule has 3 nitrogen and oxygen atoms in total. The fourth-order valence-corrected chi connectivity index (χ4v) is 3.95. The van der Waals surface area contributed by atoms with E-state index in [0.29, 0.717) is 12.8 Å². The number of hydrogen-bond donors (Lipinski definition) is 1. The standard InChI is InChI=1S/C24H23BrO3/c1-15-4-6-17(7-5-15)24(3,26)12-10-21-22(23-16(2)11-13-27-23)19-14-18(25)8-9-20(19)28-21/h4-9,11,13-14,26H,10,12H2,1-3H3. The summed E-state index contributed by atoms with van der Waals surface area (Å²) in [7, 11) is 0. The number of aryl methyl sites for hydroxylation is 3. The molecule has 0 saturated carbocycles. The second-order valence-corrected chi connectivity index (χ2v) is 8.53. The van der Waals surface area contributed by atoms with E-state index in [4.69, 9.17) is 8.83 Å². The third-order valence-corrected chi connectivity index (χ3v) is 5.82. The molecule has 0 fully saturated rings. The first-order chi connectivity index (χ1) is 13.3. The lowest BCUT2D eigenvalue weighted by atomic mass is 9.89. The van der Waals surface area contributed by atoms with Gasteiger partial charge in [-0.1, -0.05) is 45.8 Å². The lowest BCUT2D eigenvalue weighted by Gasteiger charge is -2.23. The molecular formula is C24H23BrO3. The lowest BCUT2D eigenvalue weighted by molar-refractivity contribution is 0.0468. The molecule has 0 aliphatic rings. The van der Waals surface area contributed by atoms with Gasteiger partial charge in [-0.15, -0.1) is 0 Å². The van der Waals surface area contributed by atoms with Gasteiger partial charge in [0.05, 0.1) is 17.4 Å². The SMILES string of the molecule is Cc1ccc(C(C)(O)CCc2oc3ccc(Br)cc3c2-c2occc2C)cc1. The van der Waals surface area contributed by atoms with Crippen molar-refractivity contribution in [3.05, 3.63) is 81.7 Å². The number of benzene rings is 2. The van der Waals surface area contributed by atoms with E-state index in [1.807, 2.05) is 63.2 Å². The minimum Gasteiger partial charge on any atom is -0.464 e. The molecule has 2 heterocycles. The molecule has 0 bridgehead atoms. The summed E-state index contributed by atoms with van der Waals surface area (Å²) in [6.45, 7) is 5.93. The Hall–Kier alpha value is -2.30. The van der Waals surface area contributed by atoms with Crippen LogP contribution in [-0.4, -0.2) is 5.11 Å². The van der Waals surface area contributed by atoms with Gasteiger partial charge in [0.25, 0.3) is 0 Å². The molecule has 0 amide bonds. The first-order valence-electron chi connectivity index (χ1n) is 9.40. The number of furan rings is 2. The Bertz CT molecular complexity index is 1120. The fourth-order valence-electron chi connectivity index (χ4n) is 3.59. The Morgan fingerprint density at radius 3 is 2.46 bits per heavy atom. The van der Waals surface area contributed by atoms with Gasteiger partial charge in [-0.25, -0.2) is 0 Å². The van der Waals surface area contributed by atoms with Crippen LogP contribution in [0.1, 0.15) is 35.8 Å². The molecule has 0 saturated heterocycles. The minimum atomic E-state index is -0.942. The van der Waals surface area contributed by atoms with Gasteiger partial charge in [0.2, 0.25) is 0 Å². The summed E-state index contributed by atoms with van der Waals surface area (Å²) in [4.78, 5) is 0. The van der Waals surface area contributed by atoms with Crippen LogP contribution in [0.4, 0.5) is 0 Å². The normalized spacial score (nSPS) is 13.8. The largest absolute Gasteiger partial charge is 0.464 e. The highest BCUT2D eigenvalue weighted by molar-refractivity contribution is 9.10. The monoisotopic (exact) mass is 438 g/mol. The van der Waals surface area contributed by atoms with Crippen molar-refractivity contribution in [1.82, 2.24) is 0 Å². The molecule has 0 aliphatic carbocycles. The van der Waals surface area contributed by atoms with Crippen molar-refractivity contribution in [3.8, 4) is 11.3 Å². The molecule has 1 atom stereocenters. The molecule has 4 heteroatoms. The molecule has 28 heavy (non-hydrogen) atoms. The van der Waals surface area contributed by atoms with Crippen LogP contribution in [0.15, 0.2) is 68.1 Å². The maximum atomic E-state index is 11.1. The highest BCUT2D eigenvalue weighted by Crippen LogP contribution is 2.40. The predicted octanol–water partition coefficient (Wildman–Crippen LogP) is 6.91. The van der Waals surface area contributed by atoms with Crippen LogP contribution in [0.2, 0.25) is 0 Å². The summed E-state index contributed by atoms with van der Waals surface area (Å²) in [6.07, 6.45) is 2.85. The van der Waals surface area contributed by atoms with Crippen LogP contribution in [0.3, 0.4) is 0 Å². The van der Waals surface area contributed by atoms with E-state index in [1.165, 1.54) is 5.56 Å². The van der Waals surface area contributed by atoms with Gasteiger partial charge in [0, 0.05) is 16.3 Å². The first kappa shape index (κ1) is 19.0. The highest BCUT2D eigenvalue weighted by atomic mass is 79.9. The average molecular weight is 439 g/mol. The van der Waals surface area contributed by atoms with Crippen LogP contribution < -0.4 is 0 Å². The molecule has 0 aliphatic heterocycles. The average Bonchev–Trinajstić information content (AvgIpc) is 3.22. The smallest absolute Gasteiger partial charge is 0.140 e. The number of aliphatic hydroxyl groups is 1. The molecule has 0 radical (unpaired) electrons. The van der Waals surface area contributed by atoms with E-state index in [1.54, 1.807) is 6.26 Å². The van der Waals surface area contributed by atoms with Crippen LogP contribution in [0.5, 0.6) is 0 Å². The fraction of sp³-hybridized carbons (Fsp3) is 0.250. The van der Waals surface area contributed by atoms with Crippen LogP contribution >= 0.6 is 15.9 Å². The van der Waals surface area contributed by atoms with Gasteiger partial charge >= 0.3 is 0 Å². The van der Waals surface area contributed by atoms with Gasteiger partial charge in [-0.2, -0.15) is 0 Å². The van der Waals surface area contributed by atoms with Crippen molar-refractivity contribution in [2.75, 3.05) is 0 Å². The van der Waals surface area contributed by atoms with Gasteiger partial charge < -0.3 is 13.9 Å². The number of rotatable bonds is 5. The molecule has 2 aromatic carbocycles. The topological polar surface area (TPSA) is 46.5 Å². The van der Waals surface area contributed by atoms with Crippen LogP contribution in [-0.2, 0) is 12.0 Å². The number of halogens is 1. The zero-order valence-electron chi connectivity index (χ0n) is 16.3. The zero-order valence-corrected chi connectivity index (χ0v) is 17.8. The zero-order chi connectivity index (χ0) is 19.9. The first-order valence-corrected chi connectivity index (χ1v) is 10.2. The Morgan fingerprint density at radius 2 is 1.79 bits per heavy atom. The second kappa shape index (κ2) is 7.26. The van der Waals surface area contributed by atoms with Gasteiger partial charge in [0.1, 0.15) is 17.1 Å². The molecular weight excluding hydrogens is 416 g/mol. The number of hydrogen-bond acceptors (Lipinski definition) is 3. The maximum Gasteiger partial charge on any atom is 0.140 e. The lowest BCUT2D eigenvalue weighted by Crippen LogP contribution is -2.22. The highest BCUT2D eigenvalue weighted by Gasteiger charge is 2.26. The predicted molar refractivity (Wildman–Crippen MR) is 115 cm³/mol. The quantitative estimate of drug-likeness (QED) is 0.368. The van der Waals surface area contributed by atoms with Crippen molar-refractivity contribution in [3.63, 3.8) is 0 Å². The van der Waals surface area contributed by atoms with Crippen molar-refractivity contribution >= 4 is 26.9 Å². The summed E-state index contributed by atoms with van der Waals surface area (Å²) in [5, 5.41) is 12.1. The van der Waals surface area contributed by atoms with Gasteiger partial charge in [0.15, 0.2) is 0 Å². The van der Waals surface area contributed by atoms with Gasteiger partial charge in [-0.3, -0.25) is 0 Å². The molecule has 1 unspecified atom stereocenters. The summed E-state index contributed by atoms with van der Waals surface area (Å²) in [5.74, 6) is 1.65. The molecule has 2 aromatic heterocycles. The maximum absolute atomic E-state index is 11.1. The van der Waals surface area contributed by atoms with Crippen molar-refractivity contribution < 1.29 is 13.9 Å². The summed E-state index contributed by atoms with van der Waals surface area (Å²) < 4.78 is 13.0. The van der Waals surface area contributed by atoms with E-state index in [2.05, 4.69) is 22.0 Å². The van der Waals surface area contributed by atoms with E-state index >= 15 is 0 Å². The van der Waals surface area contributed by atoms with Crippen LogP contribution in [0, 0.1) is 13.8 Å². The van der Waals surface area contributed by atoms with E-state index in [-0.39, 0.29) is 0 Å². The van der Waals surface area contributed by atoms with Crippen molar-refractivity contribution in [2.24, 2.45) is 0 Å². The molecule has 144 valence electrons. The molecule has 1 N–H and O–H groups in total. The summed E-state index contributed by atoms with van der Waals surface area (Å²) >= 11 is 3.55. The van der Waals surface area contributed by atoms with E-state index < -0.39 is 5.60 Å². The van der Waals surface area contributed by atoms with Crippen molar-refractivity contribution in [2.45, 2.75) is 39.2 Å². The Labute approximate surface area is 173 Å². The Morgan fingerprint density at radius 1 is 1.04 bits per heavy atom. The third-order valence-electron chi connectivity index (χ3n) is 5.32.